The summed E-state index contributed by atoms with van der Waals surface area (Å²) in [6.45, 7) is 13.4. The zero-order chi connectivity index (χ0) is 19.6. The maximum atomic E-state index is 13.0. The molecule has 0 amide bonds. The summed E-state index contributed by atoms with van der Waals surface area (Å²) in [5.41, 5.74) is 0.881. The smallest absolute Gasteiger partial charge is 0.227 e. The quantitative estimate of drug-likeness (QED) is 0.524. The van der Waals surface area contributed by atoms with Crippen molar-refractivity contribution in [2.75, 3.05) is 6.61 Å². The average Bonchev–Trinajstić information content (AvgIpc) is 2.62. The van der Waals surface area contributed by atoms with Gasteiger partial charge in [0.05, 0.1) is 12.2 Å². The predicted molar refractivity (Wildman–Crippen MR) is 103 cm³/mol. The Morgan fingerprint density at radius 2 is 2.04 bits per heavy atom. The van der Waals surface area contributed by atoms with Crippen LogP contribution in [0.2, 0.25) is 0 Å². The van der Waals surface area contributed by atoms with E-state index in [1.807, 2.05) is 6.92 Å². The van der Waals surface area contributed by atoms with Crippen LogP contribution in [0, 0.1) is 16.7 Å². The standard InChI is InChI=1S/C23H30O4/c1-6-26-18-12-17(24)20-16(19(18)25)13-22(5)15(3)9-11-21(4)14(2)8-7-10-23(21,22)27-20/h12,15H,2,6-11,13H2,1,3-5H3. The van der Waals surface area contributed by atoms with Crippen LogP contribution in [0.5, 0.6) is 0 Å². The second-order valence-electron chi connectivity index (χ2n) is 9.19. The van der Waals surface area contributed by atoms with Crippen molar-refractivity contribution in [3.05, 3.63) is 35.3 Å². The molecule has 4 heteroatoms. The lowest BCUT2D eigenvalue weighted by atomic mass is 9.42. The number of Topliss-reactive ketones (excluding diaryl/α,β-unsaturated/α-hetero) is 1. The van der Waals surface area contributed by atoms with Crippen LogP contribution in [0.4, 0.5) is 0 Å². The van der Waals surface area contributed by atoms with Gasteiger partial charge in [0.2, 0.25) is 11.6 Å². The van der Waals surface area contributed by atoms with Crippen molar-refractivity contribution < 1.29 is 19.1 Å². The van der Waals surface area contributed by atoms with Crippen molar-refractivity contribution in [2.45, 2.75) is 71.8 Å². The summed E-state index contributed by atoms with van der Waals surface area (Å²) in [5, 5.41) is 0. The maximum absolute atomic E-state index is 13.0. The summed E-state index contributed by atoms with van der Waals surface area (Å²) < 4.78 is 12.1. The molecule has 0 radical (unpaired) electrons. The summed E-state index contributed by atoms with van der Waals surface area (Å²) in [6, 6.07) is 0. The average molecular weight is 370 g/mol. The molecule has 0 aromatic carbocycles. The van der Waals surface area contributed by atoms with E-state index in [0.717, 1.165) is 32.1 Å². The van der Waals surface area contributed by atoms with E-state index in [9.17, 15) is 9.59 Å². The molecule has 1 aliphatic heterocycles. The van der Waals surface area contributed by atoms with E-state index < -0.39 is 5.60 Å². The minimum atomic E-state index is -0.473. The first-order chi connectivity index (χ1) is 12.7. The first-order valence-corrected chi connectivity index (χ1v) is 10.2. The predicted octanol–water partition coefficient (Wildman–Crippen LogP) is 4.65. The highest BCUT2D eigenvalue weighted by molar-refractivity contribution is 6.21. The van der Waals surface area contributed by atoms with Crippen LogP contribution in [0.1, 0.15) is 66.2 Å². The molecule has 0 aromatic rings. The van der Waals surface area contributed by atoms with Crippen molar-refractivity contribution in [1.29, 1.82) is 0 Å². The van der Waals surface area contributed by atoms with Crippen molar-refractivity contribution in [2.24, 2.45) is 16.7 Å². The Labute approximate surface area is 161 Å². The van der Waals surface area contributed by atoms with Crippen LogP contribution in [0.15, 0.2) is 35.3 Å². The van der Waals surface area contributed by atoms with Gasteiger partial charge in [-0.25, -0.2) is 0 Å². The largest absolute Gasteiger partial charge is 0.490 e. The molecule has 1 heterocycles. The topological polar surface area (TPSA) is 52.6 Å². The summed E-state index contributed by atoms with van der Waals surface area (Å²) in [6.07, 6.45) is 6.92. The molecule has 4 atom stereocenters. The van der Waals surface area contributed by atoms with Gasteiger partial charge in [0, 0.05) is 16.9 Å². The Hall–Kier alpha value is -1.84. The van der Waals surface area contributed by atoms with E-state index in [4.69, 9.17) is 9.47 Å². The molecule has 4 unspecified atom stereocenters. The number of rotatable bonds is 2. The van der Waals surface area contributed by atoms with Gasteiger partial charge in [0.25, 0.3) is 0 Å². The molecule has 3 aliphatic carbocycles. The lowest BCUT2D eigenvalue weighted by molar-refractivity contribution is -0.231. The fourth-order valence-electron chi connectivity index (χ4n) is 6.23. The fraction of sp³-hybridized carbons (Fsp3) is 0.652. The number of ether oxygens (including phenoxy) is 2. The number of allylic oxidation sites excluding steroid dienone is 2. The van der Waals surface area contributed by atoms with Gasteiger partial charge in [-0.2, -0.15) is 0 Å². The number of ketones is 2. The molecule has 4 nitrogen and oxygen atoms in total. The number of hydrogen-bond acceptors (Lipinski definition) is 4. The Bertz CT molecular complexity index is 803. The van der Waals surface area contributed by atoms with Crippen molar-refractivity contribution >= 4 is 11.6 Å². The fourth-order valence-corrected chi connectivity index (χ4v) is 6.23. The SMILES string of the molecule is C=C1CCCC23OC4=C(CC2(C)C(C)CCC13C)C(=O)C(OCC)=CC4=O. The van der Waals surface area contributed by atoms with E-state index in [-0.39, 0.29) is 33.9 Å². The van der Waals surface area contributed by atoms with Crippen LogP contribution in [-0.2, 0) is 19.1 Å². The molecular formula is C23H30O4. The summed E-state index contributed by atoms with van der Waals surface area (Å²) >= 11 is 0. The maximum Gasteiger partial charge on any atom is 0.227 e. The molecule has 0 aromatic heterocycles. The van der Waals surface area contributed by atoms with Gasteiger partial charge < -0.3 is 9.47 Å². The third-order valence-electron chi connectivity index (χ3n) is 8.14. The molecule has 0 saturated heterocycles. The third kappa shape index (κ3) is 2.16. The number of carbonyl (C=O) groups excluding carboxylic acids is 2. The molecule has 4 aliphatic rings. The normalized spacial score (nSPS) is 41.3. The Morgan fingerprint density at radius 1 is 1.30 bits per heavy atom. The van der Waals surface area contributed by atoms with Crippen molar-refractivity contribution in [3.8, 4) is 0 Å². The minimum absolute atomic E-state index is 0.156. The van der Waals surface area contributed by atoms with Gasteiger partial charge in [-0.15, -0.1) is 0 Å². The van der Waals surface area contributed by atoms with Gasteiger partial charge in [-0.1, -0.05) is 32.9 Å². The lowest BCUT2D eigenvalue weighted by Gasteiger charge is -2.67. The Morgan fingerprint density at radius 3 is 2.74 bits per heavy atom. The van der Waals surface area contributed by atoms with Gasteiger partial charge in [-0.3, -0.25) is 9.59 Å². The number of carbonyl (C=O) groups is 2. The molecule has 2 fully saturated rings. The molecule has 146 valence electrons. The van der Waals surface area contributed by atoms with Crippen molar-refractivity contribution in [1.82, 2.24) is 0 Å². The highest BCUT2D eigenvalue weighted by Gasteiger charge is 2.69. The van der Waals surface area contributed by atoms with Crippen molar-refractivity contribution in [3.63, 3.8) is 0 Å². The Kier molecular flexibility index (Phi) is 4.00. The minimum Gasteiger partial charge on any atom is -0.490 e. The third-order valence-corrected chi connectivity index (χ3v) is 8.14. The zero-order valence-corrected chi connectivity index (χ0v) is 16.9. The van der Waals surface area contributed by atoms with E-state index in [2.05, 4.69) is 27.4 Å². The van der Waals surface area contributed by atoms with Gasteiger partial charge in [0.1, 0.15) is 5.60 Å². The molecule has 4 rings (SSSR count). The van der Waals surface area contributed by atoms with E-state index in [1.165, 1.54) is 11.6 Å². The molecular weight excluding hydrogens is 340 g/mol. The highest BCUT2D eigenvalue weighted by atomic mass is 16.5. The molecule has 0 bridgehead atoms. The van der Waals surface area contributed by atoms with Gasteiger partial charge in [0.15, 0.2) is 11.5 Å². The first-order valence-electron chi connectivity index (χ1n) is 10.2. The van der Waals surface area contributed by atoms with E-state index in [0.29, 0.717) is 24.5 Å². The second-order valence-corrected chi connectivity index (χ2v) is 9.19. The zero-order valence-electron chi connectivity index (χ0n) is 16.9. The van der Waals surface area contributed by atoms with E-state index in [1.54, 1.807) is 0 Å². The van der Waals surface area contributed by atoms with Crippen LogP contribution < -0.4 is 0 Å². The molecule has 0 N–H and O–H groups in total. The number of hydrogen-bond donors (Lipinski definition) is 0. The highest BCUT2D eigenvalue weighted by Crippen LogP contribution is 2.69. The lowest BCUT2D eigenvalue weighted by Crippen LogP contribution is -2.68. The molecule has 2 saturated carbocycles. The Balaban J connectivity index is 1.87. The van der Waals surface area contributed by atoms with Crippen LogP contribution in [-0.4, -0.2) is 23.8 Å². The molecule has 27 heavy (non-hydrogen) atoms. The van der Waals surface area contributed by atoms with Gasteiger partial charge >= 0.3 is 0 Å². The monoisotopic (exact) mass is 370 g/mol. The first kappa shape index (κ1) is 18.5. The summed E-state index contributed by atoms with van der Waals surface area (Å²) in [4.78, 5) is 25.9. The summed E-state index contributed by atoms with van der Waals surface area (Å²) in [7, 11) is 0. The summed E-state index contributed by atoms with van der Waals surface area (Å²) in [5.74, 6) is 0.396. The molecule has 1 spiro atoms. The van der Waals surface area contributed by atoms with Crippen LogP contribution in [0.3, 0.4) is 0 Å². The second kappa shape index (κ2) is 5.83. The van der Waals surface area contributed by atoms with Crippen LogP contribution in [0.25, 0.3) is 0 Å². The van der Waals surface area contributed by atoms with E-state index >= 15 is 0 Å². The van der Waals surface area contributed by atoms with Crippen LogP contribution >= 0.6 is 0 Å². The van der Waals surface area contributed by atoms with Gasteiger partial charge in [-0.05, 0) is 51.4 Å².